The second-order valence-corrected chi connectivity index (χ2v) is 7.48. The van der Waals surface area contributed by atoms with Crippen molar-refractivity contribution >= 4 is 21.9 Å². The second kappa shape index (κ2) is 8.40. The molecule has 162 valence electrons. The zero-order valence-corrected chi connectivity index (χ0v) is 18.1. The van der Waals surface area contributed by atoms with Crippen molar-refractivity contribution in [3.8, 4) is 46.8 Å². The van der Waals surface area contributed by atoms with Crippen LogP contribution in [0.1, 0.15) is 0 Å². The van der Waals surface area contributed by atoms with Crippen molar-refractivity contribution in [1.82, 2.24) is 9.13 Å². The fourth-order valence-corrected chi connectivity index (χ4v) is 4.39. The molecule has 0 N–H and O–H groups in total. The molecule has 0 saturated heterocycles. The van der Waals surface area contributed by atoms with Crippen molar-refractivity contribution < 1.29 is 8.78 Å². The van der Waals surface area contributed by atoms with Gasteiger partial charge in [-0.1, -0.05) is 24.3 Å². The molecule has 8 heteroatoms. The minimum Gasteiger partial charge on any atom is -0.341 e. The highest BCUT2D eigenvalue weighted by Crippen LogP contribution is 2.34. The molecule has 0 saturated carbocycles. The number of aromatic nitrogens is 2. The van der Waals surface area contributed by atoms with E-state index in [1.807, 2.05) is 24.3 Å². The summed E-state index contributed by atoms with van der Waals surface area (Å²) in [6.45, 7) is 0. The Bertz CT molecular complexity index is 1630. The maximum absolute atomic E-state index is 14.2. The van der Waals surface area contributed by atoms with Gasteiger partial charge in [0.1, 0.15) is 35.9 Å². The van der Waals surface area contributed by atoms with Crippen molar-refractivity contribution in [2.45, 2.75) is 0 Å². The van der Waals surface area contributed by atoms with Crippen LogP contribution in [-0.2, 0) is 14.1 Å². The van der Waals surface area contributed by atoms with Gasteiger partial charge in [-0.2, -0.15) is 21.0 Å². The van der Waals surface area contributed by atoms with Gasteiger partial charge in [-0.25, -0.2) is 8.78 Å². The van der Waals surface area contributed by atoms with Gasteiger partial charge in [0.15, 0.2) is 11.1 Å². The highest BCUT2D eigenvalue weighted by atomic mass is 19.1. The van der Waals surface area contributed by atoms with Crippen LogP contribution in [0.5, 0.6) is 0 Å². The van der Waals surface area contributed by atoms with Crippen molar-refractivity contribution in [2.75, 3.05) is 0 Å². The zero-order chi connectivity index (χ0) is 24.6. The van der Waals surface area contributed by atoms with E-state index >= 15 is 0 Å². The monoisotopic (exact) mass is 448 g/mol. The van der Waals surface area contributed by atoms with Crippen LogP contribution in [-0.4, -0.2) is 9.13 Å². The van der Waals surface area contributed by atoms with Crippen LogP contribution in [0.4, 0.5) is 8.78 Å². The highest BCUT2D eigenvalue weighted by molar-refractivity contribution is 6.08. The second-order valence-electron chi connectivity index (χ2n) is 7.48. The van der Waals surface area contributed by atoms with E-state index < -0.39 is 11.6 Å². The number of hydrogen-bond acceptors (Lipinski definition) is 4. The first-order chi connectivity index (χ1) is 16.4. The zero-order valence-electron chi connectivity index (χ0n) is 18.1. The lowest BCUT2D eigenvalue weighted by molar-refractivity contribution is 0.628. The van der Waals surface area contributed by atoms with E-state index in [1.165, 1.54) is 36.4 Å². The summed E-state index contributed by atoms with van der Waals surface area (Å²) in [6, 6.07) is 19.0. The van der Waals surface area contributed by atoms with E-state index in [0.717, 1.165) is 0 Å². The molecular formula is C26H14F2N6. The normalized spacial score (nSPS) is 10.2. The number of halogens is 2. The van der Waals surface area contributed by atoms with Crippen LogP contribution in [0.3, 0.4) is 0 Å². The van der Waals surface area contributed by atoms with Gasteiger partial charge >= 0.3 is 0 Å². The molecule has 2 aromatic carbocycles. The van der Waals surface area contributed by atoms with Crippen LogP contribution >= 0.6 is 0 Å². The lowest BCUT2D eigenvalue weighted by Crippen LogP contribution is -2.20. The Labute approximate surface area is 193 Å². The van der Waals surface area contributed by atoms with Crippen LogP contribution in [0.15, 0.2) is 48.5 Å². The summed E-state index contributed by atoms with van der Waals surface area (Å²) >= 11 is 0. The number of nitrogens with zero attached hydrogens (tertiary/aromatic N) is 6. The van der Waals surface area contributed by atoms with Gasteiger partial charge in [0, 0.05) is 36.0 Å². The molecule has 0 spiro atoms. The molecule has 4 rings (SSSR count). The summed E-state index contributed by atoms with van der Waals surface area (Å²) in [5, 5.41) is 40.0. The summed E-state index contributed by atoms with van der Waals surface area (Å²) in [5.74, 6) is -1.02. The molecule has 0 fully saturated rings. The third-order valence-corrected chi connectivity index (χ3v) is 5.66. The minimum absolute atomic E-state index is 0.218. The highest BCUT2D eigenvalue weighted by Gasteiger charge is 2.25. The molecule has 34 heavy (non-hydrogen) atoms. The predicted octanol–water partition coefficient (Wildman–Crippen LogP) is 3.52. The fourth-order valence-electron chi connectivity index (χ4n) is 4.39. The first kappa shape index (κ1) is 22.0. The predicted molar refractivity (Wildman–Crippen MR) is 121 cm³/mol. The van der Waals surface area contributed by atoms with Crippen molar-refractivity contribution in [2.24, 2.45) is 14.1 Å². The molecule has 0 radical (unpaired) electrons. The minimum atomic E-state index is -0.509. The molecule has 0 aliphatic heterocycles. The average molecular weight is 448 g/mol. The Morgan fingerprint density at radius 3 is 1.29 bits per heavy atom. The van der Waals surface area contributed by atoms with Gasteiger partial charge in [0.2, 0.25) is 0 Å². The number of fused-ring (bicyclic) bond motifs is 1. The summed E-state index contributed by atoms with van der Waals surface area (Å²) in [4.78, 5) is 0. The molecule has 0 amide bonds. The number of hydrogen-bond donors (Lipinski definition) is 0. The molecular weight excluding hydrogens is 434 g/mol. The standard InChI is InChI=1S/C26H14F2N6/c1-33-23(15-5-3-7-19(27)9-15)21-22(25(33)17(11-29)12-30)24(16-6-4-8-20(28)10-16)34(2)26(21)18(13-31)14-32/h3-10H,1-2H3. The van der Waals surface area contributed by atoms with Crippen LogP contribution in [0.2, 0.25) is 0 Å². The van der Waals surface area contributed by atoms with E-state index in [4.69, 9.17) is 0 Å². The Balaban J connectivity index is 2.48. The molecule has 0 aliphatic carbocycles. The van der Waals surface area contributed by atoms with Gasteiger partial charge in [0.25, 0.3) is 0 Å². The molecule has 6 nitrogen and oxygen atoms in total. The quantitative estimate of drug-likeness (QED) is 0.468. The first-order valence-electron chi connectivity index (χ1n) is 9.95. The summed E-state index contributed by atoms with van der Waals surface area (Å²) in [7, 11) is 3.23. The van der Waals surface area contributed by atoms with E-state index in [0.29, 0.717) is 33.3 Å². The van der Waals surface area contributed by atoms with Crippen molar-refractivity contribution in [1.29, 1.82) is 21.0 Å². The van der Waals surface area contributed by atoms with Gasteiger partial charge in [-0.05, 0) is 24.3 Å². The van der Waals surface area contributed by atoms with E-state index in [1.54, 1.807) is 35.4 Å². The maximum Gasteiger partial charge on any atom is 0.153 e. The van der Waals surface area contributed by atoms with Crippen LogP contribution in [0, 0.1) is 57.0 Å². The van der Waals surface area contributed by atoms with E-state index in [9.17, 15) is 29.8 Å². The van der Waals surface area contributed by atoms with Gasteiger partial charge in [-0.3, -0.25) is 0 Å². The Morgan fingerprint density at radius 2 is 1.00 bits per heavy atom. The number of nitriles is 4. The SMILES string of the molecule is Cn1c(-c2cccc(F)c2)c2c(=C(C#N)C#N)n(C)c(-c3cccc(F)c3)c2c1=C(C#N)C#N. The lowest BCUT2D eigenvalue weighted by Gasteiger charge is -2.09. The van der Waals surface area contributed by atoms with Crippen molar-refractivity contribution in [3.63, 3.8) is 0 Å². The summed E-state index contributed by atoms with van der Waals surface area (Å²) in [6.07, 6.45) is 0. The van der Waals surface area contributed by atoms with Gasteiger partial charge < -0.3 is 9.13 Å². The molecule has 2 heterocycles. The van der Waals surface area contributed by atoms with Gasteiger partial charge in [0.05, 0.1) is 22.1 Å². The van der Waals surface area contributed by atoms with Crippen molar-refractivity contribution in [3.05, 3.63) is 70.9 Å². The molecule has 0 unspecified atom stereocenters. The number of benzene rings is 2. The summed E-state index contributed by atoms with van der Waals surface area (Å²) in [5.41, 5.74) is 1.21. The van der Waals surface area contributed by atoms with E-state index in [-0.39, 0.29) is 21.8 Å². The Hall–Kier alpha value is -5.18. The molecule has 4 aromatic rings. The molecule has 0 atom stereocenters. The lowest BCUT2D eigenvalue weighted by atomic mass is 10.0. The number of rotatable bonds is 2. The Morgan fingerprint density at radius 1 is 0.647 bits per heavy atom. The summed E-state index contributed by atoms with van der Waals surface area (Å²) < 4.78 is 31.5. The van der Waals surface area contributed by atoms with Gasteiger partial charge in [-0.15, -0.1) is 0 Å². The fraction of sp³-hybridized carbons (Fsp3) is 0.0769. The first-order valence-corrected chi connectivity index (χ1v) is 9.95. The van der Waals surface area contributed by atoms with Crippen LogP contribution < -0.4 is 10.7 Å². The smallest absolute Gasteiger partial charge is 0.153 e. The molecule has 2 aromatic heterocycles. The third kappa shape index (κ3) is 3.19. The molecule has 0 bridgehead atoms. The maximum atomic E-state index is 14.2. The Kier molecular flexibility index (Phi) is 5.44. The third-order valence-electron chi connectivity index (χ3n) is 5.66. The average Bonchev–Trinajstić information content (AvgIpc) is 3.26. The largest absolute Gasteiger partial charge is 0.341 e. The molecule has 0 aliphatic rings. The van der Waals surface area contributed by atoms with Crippen LogP contribution in [0.25, 0.3) is 44.4 Å². The topological polar surface area (TPSA) is 105 Å². The van der Waals surface area contributed by atoms with E-state index in [2.05, 4.69) is 0 Å².